The normalized spacial score (nSPS) is 20.4. The number of aromatic hydroxyl groups is 1. The quantitative estimate of drug-likeness (QED) is 0.900. The molecule has 3 rings (SSSR count). The smallest absolute Gasteiger partial charge is 0.325 e. The number of hydrogen-bond acceptors (Lipinski definition) is 3. The first-order valence-corrected chi connectivity index (χ1v) is 6.53. The number of benzene rings is 1. The zero-order valence-corrected chi connectivity index (χ0v) is 11.0. The van der Waals surface area contributed by atoms with Crippen LogP contribution >= 0.6 is 0 Å². The van der Waals surface area contributed by atoms with Gasteiger partial charge in [0.05, 0.1) is 12.1 Å². The van der Waals surface area contributed by atoms with Gasteiger partial charge in [0.1, 0.15) is 5.75 Å². The van der Waals surface area contributed by atoms with Crippen molar-refractivity contribution in [3.8, 4) is 5.75 Å². The topological polar surface area (TPSA) is 53.0 Å². The first-order valence-electron chi connectivity index (χ1n) is 6.53. The summed E-state index contributed by atoms with van der Waals surface area (Å²) < 4.78 is 5.05. The van der Waals surface area contributed by atoms with Gasteiger partial charge in [-0.3, -0.25) is 4.90 Å². The van der Waals surface area contributed by atoms with Crippen LogP contribution in [0.3, 0.4) is 0 Å². The molecule has 1 spiro atoms. The molecule has 0 radical (unpaired) electrons. The molecule has 1 aromatic rings. The number of rotatable bonds is 4. The van der Waals surface area contributed by atoms with Gasteiger partial charge in [-0.25, -0.2) is 4.79 Å². The predicted octanol–water partition coefficient (Wildman–Crippen LogP) is 1.81. The zero-order chi connectivity index (χ0) is 13.5. The van der Waals surface area contributed by atoms with Crippen LogP contribution in [0, 0.1) is 0 Å². The molecule has 0 bridgehead atoms. The molecule has 5 heteroatoms. The van der Waals surface area contributed by atoms with Crippen molar-refractivity contribution in [2.45, 2.75) is 18.4 Å². The van der Waals surface area contributed by atoms with Crippen molar-refractivity contribution in [3.63, 3.8) is 0 Å². The van der Waals surface area contributed by atoms with E-state index < -0.39 is 0 Å². The molecule has 5 nitrogen and oxygen atoms in total. The highest BCUT2D eigenvalue weighted by Crippen LogP contribution is 2.49. The summed E-state index contributed by atoms with van der Waals surface area (Å²) in [5.74, 6) is 0.219. The van der Waals surface area contributed by atoms with Crippen LogP contribution < -0.4 is 4.90 Å². The van der Waals surface area contributed by atoms with Gasteiger partial charge in [0.25, 0.3) is 0 Å². The molecule has 0 aromatic heterocycles. The van der Waals surface area contributed by atoms with Crippen molar-refractivity contribution in [3.05, 3.63) is 24.3 Å². The van der Waals surface area contributed by atoms with Crippen LogP contribution in [0.2, 0.25) is 0 Å². The minimum Gasteiger partial charge on any atom is -0.508 e. The molecule has 2 fully saturated rings. The van der Waals surface area contributed by atoms with Gasteiger partial charge < -0.3 is 14.7 Å². The van der Waals surface area contributed by atoms with Gasteiger partial charge in [-0.1, -0.05) is 0 Å². The highest BCUT2D eigenvalue weighted by Gasteiger charge is 2.58. The highest BCUT2D eigenvalue weighted by atomic mass is 16.5. The molecule has 1 N–H and O–H groups in total. The van der Waals surface area contributed by atoms with Crippen LogP contribution in [0.5, 0.6) is 5.75 Å². The summed E-state index contributed by atoms with van der Waals surface area (Å²) >= 11 is 0. The van der Waals surface area contributed by atoms with E-state index in [0.29, 0.717) is 13.2 Å². The lowest BCUT2D eigenvalue weighted by molar-refractivity contribution is 0.161. The fourth-order valence-corrected chi connectivity index (χ4v) is 2.73. The fraction of sp³-hybridized carbons (Fsp3) is 0.500. The second kappa shape index (κ2) is 4.42. The Labute approximate surface area is 112 Å². The Morgan fingerprint density at radius 1 is 1.32 bits per heavy atom. The summed E-state index contributed by atoms with van der Waals surface area (Å²) in [7, 11) is 1.64. The number of ether oxygens (including phenoxy) is 1. The number of urea groups is 1. The van der Waals surface area contributed by atoms with E-state index >= 15 is 0 Å². The van der Waals surface area contributed by atoms with E-state index in [0.717, 1.165) is 25.1 Å². The van der Waals surface area contributed by atoms with Gasteiger partial charge in [0, 0.05) is 25.9 Å². The fourth-order valence-electron chi connectivity index (χ4n) is 2.73. The van der Waals surface area contributed by atoms with Crippen molar-refractivity contribution in [2.75, 3.05) is 31.7 Å². The lowest BCUT2D eigenvalue weighted by atomic mass is 10.2. The summed E-state index contributed by atoms with van der Waals surface area (Å²) in [5, 5.41) is 9.35. The Morgan fingerprint density at radius 2 is 2.00 bits per heavy atom. The second-order valence-electron chi connectivity index (χ2n) is 5.27. The molecule has 1 aromatic carbocycles. The molecular formula is C14H18N2O3. The number of amides is 2. The number of carbonyl (C=O) groups is 1. The van der Waals surface area contributed by atoms with E-state index in [1.165, 1.54) is 0 Å². The van der Waals surface area contributed by atoms with Crippen molar-refractivity contribution >= 4 is 11.7 Å². The van der Waals surface area contributed by atoms with E-state index in [1.807, 2.05) is 9.80 Å². The van der Waals surface area contributed by atoms with Gasteiger partial charge >= 0.3 is 6.03 Å². The third-order valence-electron chi connectivity index (χ3n) is 3.92. The van der Waals surface area contributed by atoms with Crippen molar-refractivity contribution in [1.82, 2.24) is 4.90 Å². The van der Waals surface area contributed by atoms with Crippen LogP contribution in [0.15, 0.2) is 24.3 Å². The van der Waals surface area contributed by atoms with Crippen molar-refractivity contribution in [1.29, 1.82) is 0 Å². The van der Waals surface area contributed by atoms with Crippen LogP contribution in [0.1, 0.15) is 12.8 Å². The molecule has 2 aliphatic rings. The van der Waals surface area contributed by atoms with Crippen molar-refractivity contribution < 1.29 is 14.6 Å². The molecule has 1 aliphatic heterocycles. The minimum absolute atomic E-state index is 0.0260. The Hall–Kier alpha value is -1.75. The average molecular weight is 262 g/mol. The second-order valence-corrected chi connectivity index (χ2v) is 5.27. The maximum Gasteiger partial charge on any atom is 0.325 e. The largest absolute Gasteiger partial charge is 0.508 e. The van der Waals surface area contributed by atoms with E-state index in [4.69, 9.17) is 4.74 Å². The molecule has 1 heterocycles. The molecule has 0 unspecified atom stereocenters. The summed E-state index contributed by atoms with van der Waals surface area (Å²) in [4.78, 5) is 16.2. The SMILES string of the molecule is COCCN1CC2(CC2)N(c2ccc(O)cc2)C1=O. The highest BCUT2D eigenvalue weighted by molar-refractivity contribution is 5.97. The van der Waals surface area contributed by atoms with Crippen molar-refractivity contribution in [2.24, 2.45) is 0 Å². The number of methoxy groups -OCH3 is 1. The standard InChI is InChI=1S/C14H18N2O3/c1-19-9-8-15-10-14(6-7-14)16(13(15)18)11-2-4-12(17)5-3-11/h2-5,17H,6-10H2,1H3. The average Bonchev–Trinajstić information content (AvgIpc) is 3.11. The zero-order valence-electron chi connectivity index (χ0n) is 11.0. The lowest BCUT2D eigenvalue weighted by Crippen LogP contribution is -2.36. The number of nitrogens with zero attached hydrogens (tertiary/aromatic N) is 2. The van der Waals surface area contributed by atoms with Gasteiger partial charge in [-0.05, 0) is 37.1 Å². The Balaban J connectivity index is 1.84. The molecule has 1 saturated carbocycles. The molecule has 1 saturated heterocycles. The summed E-state index contributed by atoms with van der Waals surface area (Å²) in [6.45, 7) is 1.97. The minimum atomic E-state index is -0.0260. The first-order chi connectivity index (χ1) is 9.16. The summed E-state index contributed by atoms with van der Waals surface area (Å²) in [5.41, 5.74) is 0.835. The number of hydrogen-bond donors (Lipinski definition) is 1. The van der Waals surface area contributed by atoms with Gasteiger partial charge in [-0.15, -0.1) is 0 Å². The van der Waals surface area contributed by atoms with Crippen LogP contribution in [-0.2, 0) is 4.74 Å². The number of phenols is 1. The van der Waals surface area contributed by atoms with Crippen LogP contribution in [0.4, 0.5) is 10.5 Å². The van der Waals surface area contributed by atoms with Crippen LogP contribution in [-0.4, -0.2) is 48.4 Å². The van der Waals surface area contributed by atoms with Crippen LogP contribution in [0.25, 0.3) is 0 Å². The third kappa shape index (κ3) is 2.04. The number of carbonyl (C=O) groups excluding carboxylic acids is 1. The monoisotopic (exact) mass is 262 g/mol. The third-order valence-corrected chi connectivity index (χ3v) is 3.92. The summed E-state index contributed by atoms with van der Waals surface area (Å²) in [6.07, 6.45) is 2.09. The maximum absolute atomic E-state index is 12.5. The van der Waals surface area contributed by atoms with E-state index in [9.17, 15) is 9.90 Å². The summed E-state index contributed by atoms with van der Waals surface area (Å²) in [6, 6.07) is 6.88. The Kier molecular flexibility index (Phi) is 2.86. The molecule has 2 amide bonds. The predicted molar refractivity (Wildman–Crippen MR) is 71.4 cm³/mol. The number of anilines is 1. The Morgan fingerprint density at radius 3 is 2.58 bits per heavy atom. The maximum atomic E-state index is 12.5. The lowest BCUT2D eigenvalue weighted by Gasteiger charge is -2.22. The molecule has 19 heavy (non-hydrogen) atoms. The molecule has 0 atom stereocenters. The molecule has 1 aliphatic carbocycles. The van der Waals surface area contributed by atoms with Gasteiger partial charge in [0.15, 0.2) is 0 Å². The molecular weight excluding hydrogens is 244 g/mol. The Bertz CT molecular complexity index is 482. The first kappa shape index (κ1) is 12.3. The van der Waals surface area contributed by atoms with E-state index in [1.54, 1.807) is 31.4 Å². The number of phenolic OH excluding ortho intramolecular Hbond substituents is 1. The van der Waals surface area contributed by atoms with E-state index in [-0.39, 0.29) is 17.3 Å². The van der Waals surface area contributed by atoms with E-state index in [2.05, 4.69) is 0 Å². The van der Waals surface area contributed by atoms with Gasteiger partial charge in [-0.2, -0.15) is 0 Å². The molecule has 102 valence electrons. The van der Waals surface area contributed by atoms with Gasteiger partial charge in [0.2, 0.25) is 0 Å².